The quantitative estimate of drug-likeness (QED) is 0.923. The smallest absolute Gasteiger partial charge is 0.253 e. The van der Waals surface area contributed by atoms with Crippen molar-refractivity contribution in [1.82, 2.24) is 15.2 Å². The number of hydrogen-bond donors (Lipinski definition) is 1. The largest absolute Gasteiger partial charge is 0.345 e. The average molecular weight is 303 g/mol. The molecule has 5 heteroatoms. The minimum absolute atomic E-state index is 0.0282. The zero-order chi connectivity index (χ0) is 15.4. The molecule has 0 saturated heterocycles. The monoisotopic (exact) mass is 303 g/mol. The van der Waals surface area contributed by atoms with Crippen molar-refractivity contribution in [2.24, 2.45) is 0 Å². The van der Waals surface area contributed by atoms with Crippen molar-refractivity contribution in [2.75, 3.05) is 14.1 Å². The van der Waals surface area contributed by atoms with Crippen LogP contribution >= 0.6 is 11.3 Å². The summed E-state index contributed by atoms with van der Waals surface area (Å²) in [7, 11) is 3.53. The maximum absolute atomic E-state index is 12.0. The van der Waals surface area contributed by atoms with Crippen LogP contribution in [0.5, 0.6) is 0 Å². The van der Waals surface area contributed by atoms with Crippen molar-refractivity contribution in [3.63, 3.8) is 0 Å². The molecule has 112 valence electrons. The lowest BCUT2D eigenvalue weighted by Gasteiger charge is -2.13. The molecule has 0 bridgehead atoms. The van der Waals surface area contributed by atoms with Crippen molar-refractivity contribution >= 4 is 17.2 Å². The summed E-state index contributed by atoms with van der Waals surface area (Å²) in [5.41, 5.74) is 1.82. The van der Waals surface area contributed by atoms with Crippen LogP contribution in [0.4, 0.5) is 0 Å². The first kappa shape index (κ1) is 15.7. The standard InChI is InChI=1S/C16H21N3OS/c1-11-9-18-15(21-11)12(2)17-10-13-6-5-7-14(8-13)16(20)19(3)4/h5-9,12,17H,10H2,1-4H3/t12-/m0/s1. The lowest BCUT2D eigenvalue weighted by Crippen LogP contribution is -2.22. The molecule has 1 atom stereocenters. The Morgan fingerprint density at radius 2 is 2.19 bits per heavy atom. The summed E-state index contributed by atoms with van der Waals surface area (Å²) in [5, 5.41) is 4.54. The Labute approximate surface area is 129 Å². The van der Waals surface area contributed by atoms with Gasteiger partial charge in [0.15, 0.2) is 0 Å². The number of amides is 1. The molecule has 0 unspecified atom stereocenters. The van der Waals surface area contributed by atoms with Crippen LogP contribution in [0.1, 0.15) is 38.8 Å². The van der Waals surface area contributed by atoms with Crippen molar-refractivity contribution in [3.8, 4) is 0 Å². The van der Waals surface area contributed by atoms with Crippen LogP contribution in [0, 0.1) is 6.92 Å². The van der Waals surface area contributed by atoms with Gasteiger partial charge in [0.05, 0.1) is 6.04 Å². The van der Waals surface area contributed by atoms with Gasteiger partial charge in [-0.15, -0.1) is 11.3 Å². The number of benzene rings is 1. The summed E-state index contributed by atoms with van der Waals surface area (Å²) in [4.78, 5) is 19.2. The number of aryl methyl sites for hydroxylation is 1. The van der Waals surface area contributed by atoms with Gasteiger partial charge in [-0.3, -0.25) is 4.79 Å². The van der Waals surface area contributed by atoms with Gasteiger partial charge in [0.2, 0.25) is 0 Å². The Morgan fingerprint density at radius 1 is 1.43 bits per heavy atom. The predicted molar refractivity (Wildman–Crippen MR) is 86.6 cm³/mol. The fourth-order valence-corrected chi connectivity index (χ4v) is 2.80. The third-order valence-electron chi connectivity index (χ3n) is 3.20. The van der Waals surface area contributed by atoms with E-state index in [4.69, 9.17) is 0 Å². The Morgan fingerprint density at radius 3 is 2.81 bits per heavy atom. The summed E-state index contributed by atoms with van der Waals surface area (Å²) in [5.74, 6) is 0.0282. The molecule has 1 amide bonds. The summed E-state index contributed by atoms with van der Waals surface area (Å²) in [6, 6.07) is 7.94. The van der Waals surface area contributed by atoms with Crippen molar-refractivity contribution in [2.45, 2.75) is 26.4 Å². The van der Waals surface area contributed by atoms with Gasteiger partial charge in [-0.2, -0.15) is 0 Å². The average Bonchev–Trinajstić information content (AvgIpc) is 2.91. The lowest BCUT2D eigenvalue weighted by molar-refractivity contribution is 0.0827. The molecule has 1 aromatic heterocycles. The highest BCUT2D eigenvalue weighted by atomic mass is 32.1. The molecule has 0 radical (unpaired) electrons. The number of thiazole rings is 1. The van der Waals surface area contributed by atoms with Gasteiger partial charge in [0.25, 0.3) is 5.91 Å². The number of aromatic nitrogens is 1. The zero-order valence-electron chi connectivity index (χ0n) is 12.9. The van der Waals surface area contributed by atoms with Gasteiger partial charge in [-0.25, -0.2) is 4.98 Å². The zero-order valence-corrected chi connectivity index (χ0v) is 13.7. The molecule has 1 aromatic carbocycles. The molecule has 0 fully saturated rings. The topological polar surface area (TPSA) is 45.2 Å². The highest BCUT2D eigenvalue weighted by Crippen LogP contribution is 2.19. The second-order valence-corrected chi connectivity index (χ2v) is 6.58. The fourth-order valence-electron chi connectivity index (χ4n) is 2.00. The highest BCUT2D eigenvalue weighted by molar-refractivity contribution is 7.11. The molecule has 0 spiro atoms. The number of nitrogens with zero attached hydrogens (tertiary/aromatic N) is 2. The fraction of sp³-hybridized carbons (Fsp3) is 0.375. The van der Waals surface area contributed by atoms with E-state index in [9.17, 15) is 4.79 Å². The Bertz CT molecular complexity index is 621. The lowest BCUT2D eigenvalue weighted by atomic mass is 10.1. The van der Waals surface area contributed by atoms with Crippen LogP contribution in [0.3, 0.4) is 0 Å². The number of hydrogen-bond acceptors (Lipinski definition) is 4. The third kappa shape index (κ3) is 4.12. The molecule has 1 heterocycles. The van der Waals surface area contributed by atoms with E-state index in [0.29, 0.717) is 6.54 Å². The van der Waals surface area contributed by atoms with E-state index in [2.05, 4.69) is 24.1 Å². The molecule has 0 aliphatic rings. The van der Waals surface area contributed by atoms with Gasteiger partial charge in [-0.1, -0.05) is 12.1 Å². The van der Waals surface area contributed by atoms with E-state index >= 15 is 0 Å². The Kier molecular flexibility index (Phi) is 5.09. The molecular weight excluding hydrogens is 282 g/mol. The van der Waals surface area contributed by atoms with Crippen LogP contribution < -0.4 is 5.32 Å². The Balaban J connectivity index is 2.00. The van der Waals surface area contributed by atoms with E-state index in [-0.39, 0.29) is 11.9 Å². The van der Waals surface area contributed by atoms with Crippen LogP contribution in [-0.4, -0.2) is 29.9 Å². The SMILES string of the molecule is Cc1cnc([C@H](C)NCc2cccc(C(=O)N(C)C)c2)s1. The molecule has 2 aromatic rings. The second-order valence-electron chi connectivity index (χ2n) is 5.31. The van der Waals surface area contributed by atoms with Gasteiger partial charge < -0.3 is 10.2 Å². The third-order valence-corrected chi connectivity index (χ3v) is 4.30. The predicted octanol–water partition coefficient (Wildman–Crippen LogP) is 3.00. The van der Waals surface area contributed by atoms with Gasteiger partial charge in [0.1, 0.15) is 5.01 Å². The molecule has 2 rings (SSSR count). The summed E-state index contributed by atoms with van der Waals surface area (Å²) < 4.78 is 0. The van der Waals surface area contributed by atoms with Crippen LogP contribution in [0.15, 0.2) is 30.5 Å². The van der Waals surface area contributed by atoms with E-state index in [1.165, 1.54) is 4.88 Å². The molecule has 0 aliphatic heterocycles. The minimum Gasteiger partial charge on any atom is -0.345 e. The molecule has 0 aliphatic carbocycles. The highest BCUT2D eigenvalue weighted by Gasteiger charge is 2.11. The first-order chi connectivity index (χ1) is 9.97. The summed E-state index contributed by atoms with van der Waals surface area (Å²) >= 11 is 1.71. The van der Waals surface area contributed by atoms with E-state index in [1.54, 1.807) is 30.3 Å². The maximum Gasteiger partial charge on any atom is 0.253 e. The first-order valence-corrected chi connectivity index (χ1v) is 7.75. The van der Waals surface area contributed by atoms with Crippen molar-refractivity contribution < 1.29 is 4.79 Å². The van der Waals surface area contributed by atoms with E-state index < -0.39 is 0 Å². The van der Waals surface area contributed by atoms with E-state index in [0.717, 1.165) is 16.1 Å². The van der Waals surface area contributed by atoms with Crippen LogP contribution in [0.25, 0.3) is 0 Å². The van der Waals surface area contributed by atoms with Gasteiger partial charge >= 0.3 is 0 Å². The number of rotatable bonds is 5. The van der Waals surface area contributed by atoms with Crippen molar-refractivity contribution in [3.05, 3.63) is 51.5 Å². The molecular formula is C16H21N3OS. The number of nitrogens with one attached hydrogen (secondary N) is 1. The summed E-state index contributed by atoms with van der Waals surface area (Å²) in [6.07, 6.45) is 1.90. The van der Waals surface area contributed by atoms with Crippen LogP contribution in [0.2, 0.25) is 0 Å². The van der Waals surface area contributed by atoms with E-state index in [1.807, 2.05) is 30.5 Å². The van der Waals surface area contributed by atoms with Crippen molar-refractivity contribution in [1.29, 1.82) is 0 Å². The normalized spacial score (nSPS) is 12.2. The summed E-state index contributed by atoms with van der Waals surface area (Å²) in [6.45, 7) is 4.88. The maximum atomic E-state index is 12.0. The molecule has 1 N–H and O–H groups in total. The van der Waals surface area contributed by atoms with Gasteiger partial charge in [0, 0.05) is 37.3 Å². The minimum atomic E-state index is 0.0282. The number of carbonyl (C=O) groups excluding carboxylic acids is 1. The first-order valence-electron chi connectivity index (χ1n) is 6.93. The van der Waals surface area contributed by atoms with Gasteiger partial charge in [-0.05, 0) is 31.5 Å². The van der Waals surface area contributed by atoms with Crippen LogP contribution in [-0.2, 0) is 6.54 Å². The molecule has 21 heavy (non-hydrogen) atoms. The second kappa shape index (κ2) is 6.83. The number of carbonyl (C=O) groups is 1. The molecule has 4 nitrogen and oxygen atoms in total. The Hall–Kier alpha value is -1.72. The molecule has 0 saturated carbocycles.